The molecule has 1 aliphatic heterocycles. The summed E-state index contributed by atoms with van der Waals surface area (Å²) in [5, 5.41) is 8.66. The molecule has 3 N–H and O–H groups in total. The highest BCUT2D eigenvalue weighted by atomic mass is 19.2. The number of benzene rings is 1. The fraction of sp³-hybridized carbons (Fsp3) is 0.417. The Hall–Kier alpha value is -1.53. The summed E-state index contributed by atoms with van der Waals surface area (Å²) in [6.45, 7) is 0.608. The molecule has 0 radical (unpaired) electrons. The van der Waals surface area contributed by atoms with Gasteiger partial charge in [-0.15, -0.1) is 0 Å². The number of carboxylic acids is 1. The van der Waals surface area contributed by atoms with Gasteiger partial charge >= 0.3 is 5.97 Å². The van der Waals surface area contributed by atoms with Gasteiger partial charge in [0.25, 0.3) is 0 Å². The van der Waals surface area contributed by atoms with Crippen molar-refractivity contribution in [3.8, 4) is 0 Å². The molecule has 1 heterocycles. The number of hydrazine groups is 1. The van der Waals surface area contributed by atoms with E-state index in [9.17, 15) is 13.6 Å². The van der Waals surface area contributed by atoms with Crippen molar-refractivity contribution in [3.05, 3.63) is 35.4 Å². The summed E-state index contributed by atoms with van der Waals surface area (Å²) in [5.41, 5.74) is 6.50. The standard InChI is InChI=1S/C12H14F2N2O2/c13-9-3-1-7(5-10(9)14)12-8(6-15-16-12)2-4-11(17)18/h1,3,5,8,12,15-16H,2,4,6H2,(H,17,18). The number of aliphatic carboxylic acids is 1. The molecular weight excluding hydrogens is 242 g/mol. The van der Waals surface area contributed by atoms with Gasteiger partial charge in [0.2, 0.25) is 0 Å². The third-order valence-corrected chi connectivity index (χ3v) is 3.12. The summed E-state index contributed by atoms with van der Waals surface area (Å²) in [6, 6.07) is 3.54. The number of halogens is 2. The van der Waals surface area contributed by atoms with Gasteiger partial charge in [-0.05, 0) is 30.0 Å². The lowest BCUT2D eigenvalue weighted by atomic mass is 9.91. The first-order valence-corrected chi connectivity index (χ1v) is 5.73. The van der Waals surface area contributed by atoms with Crippen LogP contribution in [0.25, 0.3) is 0 Å². The van der Waals surface area contributed by atoms with E-state index in [0.29, 0.717) is 18.5 Å². The molecule has 6 heteroatoms. The van der Waals surface area contributed by atoms with Gasteiger partial charge in [0.05, 0.1) is 6.04 Å². The Kier molecular flexibility index (Phi) is 3.88. The van der Waals surface area contributed by atoms with Crippen LogP contribution in [0.15, 0.2) is 18.2 Å². The first-order valence-electron chi connectivity index (χ1n) is 5.73. The van der Waals surface area contributed by atoms with Crippen LogP contribution in [0.4, 0.5) is 8.78 Å². The second-order valence-corrected chi connectivity index (χ2v) is 4.37. The molecule has 0 spiro atoms. The molecule has 2 unspecified atom stereocenters. The third-order valence-electron chi connectivity index (χ3n) is 3.12. The number of carboxylic acid groups (broad SMARTS) is 1. The summed E-state index contributed by atoms with van der Waals surface area (Å²) < 4.78 is 26.0. The number of nitrogens with one attached hydrogen (secondary N) is 2. The Balaban J connectivity index is 2.10. The molecule has 4 nitrogen and oxygen atoms in total. The molecular formula is C12H14F2N2O2. The molecule has 1 saturated heterocycles. The van der Waals surface area contributed by atoms with Crippen LogP contribution in [-0.2, 0) is 4.79 Å². The van der Waals surface area contributed by atoms with Crippen molar-refractivity contribution < 1.29 is 18.7 Å². The quantitative estimate of drug-likeness (QED) is 0.765. The summed E-state index contributed by atoms with van der Waals surface area (Å²) in [5.74, 6) is -2.58. The van der Waals surface area contributed by atoms with Crippen LogP contribution < -0.4 is 10.9 Å². The molecule has 0 aliphatic carbocycles. The summed E-state index contributed by atoms with van der Waals surface area (Å²) in [4.78, 5) is 10.5. The molecule has 1 fully saturated rings. The maximum absolute atomic E-state index is 13.2. The summed E-state index contributed by atoms with van der Waals surface area (Å²) in [6.07, 6.45) is 0.549. The van der Waals surface area contributed by atoms with Crippen molar-refractivity contribution in [1.29, 1.82) is 0 Å². The second-order valence-electron chi connectivity index (χ2n) is 4.37. The van der Waals surface area contributed by atoms with Crippen molar-refractivity contribution in [2.75, 3.05) is 6.54 Å². The smallest absolute Gasteiger partial charge is 0.303 e. The normalized spacial score (nSPS) is 23.2. The minimum absolute atomic E-state index is 0.0472. The van der Waals surface area contributed by atoms with E-state index in [2.05, 4.69) is 10.9 Å². The Labute approximate surface area is 103 Å². The molecule has 0 bridgehead atoms. The molecule has 18 heavy (non-hydrogen) atoms. The van der Waals surface area contributed by atoms with Crippen LogP contribution >= 0.6 is 0 Å². The second kappa shape index (κ2) is 5.41. The monoisotopic (exact) mass is 256 g/mol. The van der Waals surface area contributed by atoms with Gasteiger partial charge < -0.3 is 5.11 Å². The van der Waals surface area contributed by atoms with Gasteiger partial charge in [-0.1, -0.05) is 6.07 Å². The molecule has 0 aromatic heterocycles. The maximum Gasteiger partial charge on any atom is 0.303 e. The van der Waals surface area contributed by atoms with Crippen molar-refractivity contribution in [2.24, 2.45) is 5.92 Å². The molecule has 1 aromatic rings. The lowest BCUT2D eigenvalue weighted by molar-refractivity contribution is -0.137. The first kappa shape index (κ1) is 12.9. The zero-order valence-corrected chi connectivity index (χ0v) is 9.62. The van der Waals surface area contributed by atoms with E-state index in [1.54, 1.807) is 0 Å². The maximum atomic E-state index is 13.2. The Morgan fingerprint density at radius 2 is 2.17 bits per heavy atom. The van der Waals surface area contributed by atoms with E-state index in [-0.39, 0.29) is 18.4 Å². The molecule has 1 aliphatic rings. The van der Waals surface area contributed by atoms with Gasteiger partial charge in [-0.25, -0.2) is 14.2 Å². The fourth-order valence-electron chi connectivity index (χ4n) is 2.17. The van der Waals surface area contributed by atoms with Crippen LogP contribution in [0.3, 0.4) is 0 Å². The predicted octanol–water partition coefficient (Wildman–Crippen LogP) is 1.59. The topological polar surface area (TPSA) is 61.4 Å². The fourth-order valence-corrected chi connectivity index (χ4v) is 2.17. The molecule has 0 saturated carbocycles. The zero-order chi connectivity index (χ0) is 13.1. The van der Waals surface area contributed by atoms with Crippen LogP contribution in [0.5, 0.6) is 0 Å². The van der Waals surface area contributed by atoms with E-state index >= 15 is 0 Å². The van der Waals surface area contributed by atoms with Crippen molar-refractivity contribution in [3.63, 3.8) is 0 Å². The number of carbonyl (C=O) groups is 1. The number of rotatable bonds is 4. The summed E-state index contributed by atoms with van der Waals surface area (Å²) in [7, 11) is 0. The van der Waals surface area contributed by atoms with Crippen LogP contribution in [0, 0.1) is 17.6 Å². The number of hydrogen-bond donors (Lipinski definition) is 3. The van der Waals surface area contributed by atoms with Gasteiger partial charge in [-0.2, -0.15) is 0 Å². The van der Waals surface area contributed by atoms with E-state index in [1.165, 1.54) is 6.07 Å². The lowest BCUT2D eigenvalue weighted by Gasteiger charge is -2.18. The molecule has 98 valence electrons. The van der Waals surface area contributed by atoms with Gasteiger partial charge in [0.1, 0.15) is 0 Å². The Morgan fingerprint density at radius 1 is 1.39 bits per heavy atom. The Bertz CT molecular complexity index is 454. The highest BCUT2D eigenvalue weighted by Gasteiger charge is 2.28. The summed E-state index contributed by atoms with van der Waals surface area (Å²) >= 11 is 0. The first-order chi connectivity index (χ1) is 8.58. The molecule has 2 rings (SSSR count). The largest absolute Gasteiger partial charge is 0.481 e. The van der Waals surface area contributed by atoms with Gasteiger partial charge in [-0.3, -0.25) is 10.2 Å². The van der Waals surface area contributed by atoms with E-state index < -0.39 is 17.6 Å². The van der Waals surface area contributed by atoms with Crippen molar-refractivity contribution in [2.45, 2.75) is 18.9 Å². The van der Waals surface area contributed by atoms with Crippen molar-refractivity contribution in [1.82, 2.24) is 10.9 Å². The average molecular weight is 256 g/mol. The van der Waals surface area contributed by atoms with Gasteiger partial charge in [0.15, 0.2) is 11.6 Å². The minimum Gasteiger partial charge on any atom is -0.481 e. The predicted molar refractivity (Wildman–Crippen MR) is 60.6 cm³/mol. The third kappa shape index (κ3) is 2.83. The number of hydrogen-bond acceptors (Lipinski definition) is 3. The average Bonchev–Trinajstić information content (AvgIpc) is 2.78. The van der Waals surface area contributed by atoms with Crippen LogP contribution in [-0.4, -0.2) is 17.6 Å². The van der Waals surface area contributed by atoms with E-state index in [1.807, 2.05) is 0 Å². The van der Waals surface area contributed by atoms with Gasteiger partial charge in [0, 0.05) is 13.0 Å². The molecule has 1 aromatic carbocycles. The lowest BCUT2D eigenvalue weighted by Crippen LogP contribution is -2.25. The van der Waals surface area contributed by atoms with Crippen LogP contribution in [0.2, 0.25) is 0 Å². The Morgan fingerprint density at radius 3 is 2.83 bits per heavy atom. The highest BCUT2D eigenvalue weighted by Crippen LogP contribution is 2.29. The van der Waals surface area contributed by atoms with E-state index in [4.69, 9.17) is 5.11 Å². The zero-order valence-electron chi connectivity index (χ0n) is 9.62. The van der Waals surface area contributed by atoms with Crippen molar-refractivity contribution >= 4 is 5.97 Å². The molecule has 0 amide bonds. The minimum atomic E-state index is -0.891. The van der Waals surface area contributed by atoms with Crippen LogP contribution in [0.1, 0.15) is 24.4 Å². The molecule has 2 atom stereocenters. The SMILES string of the molecule is O=C(O)CCC1CNNC1c1ccc(F)c(F)c1. The van der Waals surface area contributed by atoms with E-state index in [0.717, 1.165) is 12.1 Å². The highest BCUT2D eigenvalue weighted by molar-refractivity contribution is 5.66.